The molecule has 21 heavy (non-hydrogen) atoms. The van der Waals surface area contributed by atoms with Crippen molar-refractivity contribution >= 4 is 11.7 Å². The Morgan fingerprint density at radius 3 is 2.38 bits per heavy atom. The van der Waals surface area contributed by atoms with Crippen molar-refractivity contribution in [3.05, 3.63) is 65.7 Å². The maximum atomic E-state index is 12.0. The van der Waals surface area contributed by atoms with Gasteiger partial charge < -0.3 is 10.6 Å². The third-order valence-electron chi connectivity index (χ3n) is 3.37. The highest BCUT2D eigenvalue weighted by molar-refractivity contribution is 5.90. The summed E-state index contributed by atoms with van der Waals surface area (Å²) in [5.41, 5.74) is 3.25. The van der Waals surface area contributed by atoms with Crippen LogP contribution < -0.4 is 10.6 Å². The topological polar surface area (TPSA) is 41.1 Å². The van der Waals surface area contributed by atoms with Crippen molar-refractivity contribution in [3.8, 4) is 0 Å². The molecule has 0 aromatic heterocycles. The quantitative estimate of drug-likeness (QED) is 0.849. The van der Waals surface area contributed by atoms with E-state index < -0.39 is 0 Å². The minimum absolute atomic E-state index is 0.154. The largest absolute Gasteiger partial charge is 0.338 e. The van der Waals surface area contributed by atoms with Gasteiger partial charge in [-0.3, -0.25) is 0 Å². The van der Waals surface area contributed by atoms with Gasteiger partial charge in [-0.15, -0.1) is 0 Å². The van der Waals surface area contributed by atoms with E-state index in [4.69, 9.17) is 0 Å². The standard InChI is InChI=1S/C18H22N2O/c1-14(2)16-10-6-7-11-17(16)20-18(21)19-13-12-15-8-4-3-5-9-15/h3-11,14H,12-13H2,1-2H3,(H2,19,20,21). The van der Waals surface area contributed by atoms with E-state index in [0.29, 0.717) is 12.5 Å². The van der Waals surface area contributed by atoms with Crippen LogP contribution in [0.25, 0.3) is 0 Å². The number of nitrogens with one attached hydrogen (secondary N) is 2. The van der Waals surface area contributed by atoms with Gasteiger partial charge in [0.1, 0.15) is 0 Å². The highest BCUT2D eigenvalue weighted by Gasteiger charge is 2.08. The Morgan fingerprint density at radius 1 is 1.00 bits per heavy atom. The number of carbonyl (C=O) groups excluding carboxylic acids is 1. The van der Waals surface area contributed by atoms with Crippen LogP contribution >= 0.6 is 0 Å². The van der Waals surface area contributed by atoms with Crippen molar-refractivity contribution < 1.29 is 4.79 Å². The fourth-order valence-corrected chi connectivity index (χ4v) is 2.25. The Morgan fingerprint density at radius 2 is 1.67 bits per heavy atom. The molecule has 0 fully saturated rings. The number of para-hydroxylation sites is 1. The van der Waals surface area contributed by atoms with Crippen LogP contribution in [0.15, 0.2) is 54.6 Å². The van der Waals surface area contributed by atoms with Crippen LogP contribution in [0.4, 0.5) is 10.5 Å². The summed E-state index contributed by atoms with van der Waals surface area (Å²) in [6.45, 7) is 4.86. The van der Waals surface area contributed by atoms with E-state index in [0.717, 1.165) is 17.7 Å². The van der Waals surface area contributed by atoms with Gasteiger partial charge in [-0.05, 0) is 29.5 Å². The van der Waals surface area contributed by atoms with Gasteiger partial charge in [0.2, 0.25) is 0 Å². The average molecular weight is 282 g/mol. The Labute approximate surface area is 126 Å². The Bertz CT molecular complexity index is 579. The van der Waals surface area contributed by atoms with Crippen molar-refractivity contribution in [1.82, 2.24) is 5.32 Å². The summed E-state index contributed by atoms with van der Waals surface area (Å²) in [6, 6.07) is 17.9. The van der Waals surface area contributed by atoms with Crippen LogP contribution in [0.1, 0.15) is 30.9 Å². The number of hydrogen-bond acceptors (Lipinski definition) is 1. The molecule has 0 aliphatic carbocycles. The molecular formula is C18H22N2O. The molecule has 3 nitrogen and oxygen atoms in total. The monoisotopic (exact) mass is 282 g/mol. The second-order valence-electron chi connectivity index (χ2n) is 5.36. The Hall–Kier alpha value is -2.29. The highest BCUT2D eigenvalue weighted by atomic mass is 16.2. The van der Waals surface area contributed by atoms with Gasteiger partial charge in [0.25, 0.3) is 0 Å². The van der Waals surface area contributed by atoms with Crippen LogP contribution in [0.5, 0.6) is 0 Å². The van der Waals surface area contributed by atoms with Gasteiger partial charge in [-0.25, -0.2) is 4.79 Å². The molecule has 0 radical (unpaired) electrons. The van der Waals surface area contributed by atoms with E-state index in [9.17, 15) is 4.79 Å². The molecule has 0 heterocycles. The first-order chi connectivity index (χ1) is 10.2. The fourth-order valence-electron chi connectivity index (χ4n) is 2.25. The third kappa shape index (κ3) is 4.63. The summed E-state index contributed by atoms with van der Waals surface area (Å²) in [5.74, 6) is 0.380. The maximum Gasteiger partial charge on any atom is 0.319 e. The second kappa shape index (κ2) is 7.48. The van der Waals surface area contributed by atoms with Crippen LogP contribution in [0.2, 0.25) is 0 Å². The Kier molecular flexibility index (Phi) is 5.38. The summed E-state index contributed by atoms with van der Waals surface area (Å²) >= 11 is 0. The van der Waals surface area contributed by atoms with Crippen LogP contribution in [-0.2, 0) is 6.42 Å². The van der Waals surface area contributed by atoms with Crippen molar-refractivity contribution in [2.24, 2.45) is 0 Å². The molecule has 0 spiro atoms. The zero-order chi connectivity index (χ0) is 15.1. The maximum absolute atomic E-state index is 12.0. The van der Waals surface area contributed by atoms with Crippen LogP contribution in [-0.4, -0.2) is 12.6 Å². The molecule has 110 valence electrons. The molecule has 3 heteroatoms. The zero-order valence-corrected chi connectivity index (χ0v) is 12.6. The van der Waals surface area contributed by atoms with E-state index in [1.54, 1.807) is 0 Å². The van der Waals surface area contributed by atoms with Gasteiger partial charge in [-0.1, -0.05) is 62.4 Å². The number of carbonyl (C=O) groups is 1. The van der Waals surface area contributed by atoms with Gasteiger partial charge in [0, 0.05) is 12.2 Å². The molecule has 2 rings (SSSR count). The minimum Gasteiger partial charge on any atom is -0.338 e. The zero-order valence-electron chi connectivity index (χ0n) is 12.6. The highest BCUT2D eigenvalue weighted by Crippen LogP contribution is 2.23. The first kappa shape index (κ1) is 15.1. The van der Waals surface area contributed by atoms with Crippen molar-refractivity contribution in [3.63, 3.8) is 0 Å². The SMILES string of the molecule is CC(C)c1ccccc1NC(=O)NCCc1ccccc1. The van der Waals surface area contributed by atoms with Gasteiger partial charge in [-0.2, -0.15) is 0 Å². The third-order valence-corrected chi connectivity index (χ3v) is 3.37. The number of rotatable bonds is 5. The predicted octanol–water partition coefficient (Wildman–Crippen LogP) is 4.17. The summed E-state index contributed by atoms with van der Waals surface area (Å²) in [5, 5.41) is 5.82. The minimum atomic E-state index is -0.154. The van der Waals surface area contributed by atoms with E-state index in [-0.39, 0.29) is 6.03 Å². The number of amides is 2. The number of urea groups is 1. The molecule has 0 saturated carbocycles. The number of benzene rings is 2. The predicted molar refractivity (Wildman–Crippen MR) is 87.7 cm³/mol. The lowest BCUT2D eigenvalue weighted by Gasteiger charge is -2.14. The summed E-state index contributed by atoms with van der Waals surface area (Å²) in [4.78, 5) is 12.0. The summed E-state index contributed by atoms with van der Waals surface area (Å²) < 4.78 is 0. The van der Waals surface area contributed by atoms with Crippen LogP contribution in [0, 0.1) is 0 Å². The second-order valence-corrected chi connectivity index (χ2v) is 5.36. The molecule has 2 N–H and O–H groups in total. The lowest BCUT2D eigenvalue weighted by Crippen LogP contribution is -2.30. The molecule has 2 aromatic carbocycles. The average Bonchev–Trinajstić information content (AvgIpc) is 2.48. The van der Waals surface area contributed by atoms with E-state index in [1.807, 2.05) is 42.5 Å². The smallest absolute Gasteiger partial charge is 0.319 e. The molecule has 0 aliphatic heterocycles. The fraction of sp³-hybridized carbons (Fsp3) is 0.278. The normalized spacial score (nSPS) is 10.4. The summed E-state index contributed by atoms with van der Waals surface area (Å²) in [7, 11) is 0. The lowest BCUT2D eigenvalue weighted by atomic mass is 10.0. The number of hydrogen-bond donors (Lipinski definition) is 2. The molecular weight excluding hydrogens is 260 g/mol. The Balaban J connectivity index is 1.85. The van der Waals surface area contributed by atoms with Crippen molar-refractivity contribution in [1.29, 1.82) is 0 Å². The molecule has 0 saturated heterocycles. The molecule has 0 bridgehead atoms. The van der Waals surface area contributed by atoms with Crippen LogP contribution in [0.3, 0.4) is 0 Å². The van der Waals surface area contributed by atoms with Crippen molar-refractivity contribution in [2.45, 2.75) is 26.2 Å². The number of anilines is 1. The molecule has 0 atom stereocenters. The van der Waals surface area contributed by atoms with Gasteiger partial charge in [0.15, 0.2) is 0 Å². The van der Waals surface area contributed by atoms with E-state index >= 15 is 0 Å². The van der Waals surface area contributed by atoms with E-state index in [2.05, 4.69) is 36.6 Å². The molecule has 2 aromatic rings. The first-order valence-electron chi connectivity index (χ1n) is 7.34. The van der Waals surface area contributed by atoms with Crippen molar-refractivity contribution in [2.75, 3.05) is 11.9 Å². The first-order valence-corrected chi connectivity index (χ1v) is 7.34. The molecule has 0 aliphatic rings. The van der Waals surface area contributed by atoms with Gasteiger partial charge in [0.05, 0.1) is 0 Å². The molecule has 2 amide bonds. The summed E-state index contributed by atoms with van der Waals surface area (Å²) in [6.07, 6.45) is 0.833. The lowest BCUT2D eigenvalue weighted by molar-refractivity contribution is 0.252. The molecule has 0 unspecified atom stereocenters. The van der Waals surface area contributed by atoms with E-state index in [1.165, 1.54) is 5.56 Å². The van der Waals surface area contributed by atoms with Gasteiger partial charge >= 0.3 is 6.03 Å².